The first-order chi connectivity index (χ1) is 8.49. The fourth-order valence-corrected chi connectivity index (χ4v) is 1.96. The summed E-state index contributed by atoms with van der Waals surface area (Å²) in [6.45, 7) is 6.94. The Morgan fingerprint density at radius 1 is 1.39 bits per heavy atom. The summed E-state index contributed by atoms with van der Waals surface area (Å²) in [4.78, 5) is 12.6. The molecule has 0 aliphatic carbocycles. The van der Waals surface area contributed by atoms with Gasteiger partial charge < -0.3 is 10.2 Å². The summed E-state index contributed by atoms with van der Waals surface area (Å²) in [6, 6.07) is 8.37. The molecule has 0 amide bonds. The van der Waals surface area contributed by atoms with Crippen LogP contribution in [-0.2, 0) is 4.79 Å². The van der Waals surface area contributed by atoms with E-state index in [0.717, 1.165) is 11.1 Å². The molecule has 0 saturated heterocycles. The molecule has 1 aromatic rings. The number of carboxylic acid groups (broad SMARTS) is 1. The molecule has 98 valence electrons. The second-order valence-corrected chi connectivity index (χ2v) is 4.33. The van der Waals surface area contributed by atoms with Crippen LogP contribution in [0.5, 0.6) is 0 Å². The molecule has 1 aromatic carbocycles. The third-order valence-electron chi connectivity index (χ3n) is 2.93. The van der Waals surface area contributed by atoms with E-state index in [4.69, 9.17) is 5.11 Å². The lowest BCUT2D eigenvalue weighted by molar-refractivity contribution is -0.145. The smallest absolute Gasteiger partial charge is 0.320 e. The van der Waals surface area contributed by atoms with Crippen molar-refractivity contribution in [2.75, 3.05) is 6.73 Å². The molecule has 0 saturated carbocycles. The summed E-state index contributed by atoms with van der Waals surface area (Å²) in [6.07, 6.45) is 0. The first kappa shape index (κ1) is 14.4. The van der Waals surface area contributed by atoms with Gasteiger partial charge in [-0.25, -0.2) is 0 Å². The molecule has 4 nitrogen and oxygen atoms in total. The number of hydrogen-bond donors (Lipinski definition) is 2. The first-order valence-electron chi connectivity index (χ1n) is 5.78. The lowest BCUT2D eigenvalue weighted by Crippen LogP contribution is -2.42. The molecule has 0 bridgehead atoms. The van der Waals surface area contributed by atoms with Crippen LogP contribution in [0.3, 0.4) is 0 Å². The summed E-state index contributed by atoms with van der Waals surface area (Å²) in [7, 11) is 0. The van der Waals surface area contributed by atoms with Crippen LogP contribution in [0.4, 0.5) is 0 Å². The van der Waals surface area contributed by atoms with Crippen molar-refractivity contribution in [3.8, 4) is 0 Å². The number of hydrogen-bond acceptors (Lipinski definition) is 3. The Morgan fingerprint density at radius 2 is 1.94 bits per heavy atom. The minimum Gasteiger partial charge on any atom is -0.480 e. The zero-order valence-corrected chi connectivity index (χ0v) is 10.7. The van der Waals surface area contributed by atoms with Crippen LogP contribution >= 0.6 is 0 Å². The summed E-state index contributed by atoms with van der Waals surface area (Å²) in [5.41, 5.74) is 1.72. The molecule has 4 heteroatoms. The SMILES string of the molecule is C=C(C)C(c1ccccc1)N(CO)[C@@H](C)C(=O)O. The summed E-state index contributed by atoms with van der Waals surface area (Å²) in [5, 5.41) is 18.5. The van der Waals surface area contributed by atoms with Gasteiger partial charge in [-0.3, -0.25) is 9.69 Å². The van der Waals surface area contributed by atoms with Crippen LogP contribution in [0.25, 0.3) is 0 Å². The highest BCUT2D eigenvalue weighted by Crippen LogP contribution is 2.28. The van der Waals surface area contributed by atoms with E-state index in [1.54, 1.807) is 6.92 Å². The topological polar surface area (TPSA) is 60.8 Å². The number of nitrogens with zero attached hydrogens (tertiary/aromatic N) is 1. The normalized spacial score (nSPS) is 14.2. The molecular weight excluding hydrogens is 230 g/mol. The van der Waals surface area contributed by atoms with Gasteiger partial charge in [-0.15, -0.1) is 0 Å². The third-order valence-corrected chi connectivity index (χ3v) is 2.93. The van der Waals surface area contributed by atoms with Crippen molar-refractivity contribution < 1.29 is 15.0 Å². The molecule has 0 aliphatic rings. The number of benzene rings is 1. The van der Waals surface area contributed by atoms with E-state index < -0.39 is 12.0 Å². The Morgan fingerprint density at radius 3 is 2.33 bits per heavy atom. The highest BCUT2D eigenvalue weighted by molar-refractivity contribution is 5.73. The number of carbonyl (C=O) groups is 1. The summed E-state index contributed by atoms with van der Waals surface area (Å²) in [5.74, 6) is -0.966. The maximum Gasteiger partial charge on any atom is 0.320 e. The first-order valence-corrected chi connectivity index (χ1v) is 5.78. The Hall–Kier alpha value is -1.65. The second-order valence-electron chi connectivity index (χ2n) is 4.33. The Labute approximate surface area is 107 Å². The van der Waals surface area contributed by atoms with Crippen molar-refractivity contribution in [3.05, 3.63) is 48.0 Å². The fourth-order valence-electron chi connectivity index (χ4n) is 1.96. The maximum absolute atomic E-state index is 11.1. The predicted octanol–water partition coefficient (Wildman–Crippen LogP) is 2.03. The van der Waals surface area contributed by atoms with Crippen LogP contribution in [0.15, 0.2) is 42.5 Å². The van der Waals surface area contributed by atoms with Gasteiger partial charge in [-0.2, -0.15) is 0 Å². The zero-order chi connectivity index (χ0) is 13.7. The second kappa shape index (κ2) is 6.33. The van der Waals surface area contributed by atoms with Gasteiger partial charge in [-0.1, -0.05) is 42.5 Å². The predicted molar refractivity (Wildman–Crippen MR) is 70.0 cm³/mol. The standard InChI is InChI=1S/C14H19NO3/c1-10(2)13(12-7-5-4-6-8-12)15(9-16)11(3)14(17)18/h4-8,11,13,16H,1,9H2,2-3H3,(H,17,18)/t11-,13?/m0/s1. The van der Waals surface area contributed by atoms with Gasteiger partial charge in [0, 0.05) is 0 Å². The van der Waals surface area contributed by atoms with Crippen LogP contribution in [0, 0.1) is 0 Å². The van der Waals surface area contributed by atoms with E-state index in [1.165, 1.54) is 4.90 Å². The van der Waals surface area contributed by atoms with E-state index in [-0.39, 0.29) is 12.8 Å². The zero-order valence-electron chi connectivity index (χ0n) is 10.7. The largest absolute Gasteiger partial charge is 0.480 e. The Kier molecular flexibility index (Phi) is 5.07. The highest BCUT2D eigenvalue weighted by atomic mass is 16.4. The number of aliphatic carboxylic acids is 1. The van der Waals surface area contributed by atoms with Crippen LogP contribution in [0.2, 0.25) is 0 Å². The molecule has 0 fully saturated rings. The summed E-state index contributed by atoms with van der Waals surface area (Å²) < 4.78 is 0. The maximum atomic E-state index is 11.1. The number of rotatable bonds is 6. The lowest BCUT2D eigenvalue weighted by atomic mass is 9.98. The van der Waals surface area contributed by atoms with Crippen molar-refractivity contribution >= 4 is 5.97 Å². The number of aliphatic hydroxyl groups is 1. The van der Waals surface area contributed by atoms with Crippen molar-refractivity contribution in [1.82, 2.24) is 4.90 Å². The van der Waals surface area contributed by atoms with E-state index in [0.29, 0.717) is 0 Å². The van der Waals surface area contributed by atoms with Gasteiger partial charge >= 0.3 is 5.97 Å². The van der Waals surface area contributed by atoms with Crippen molar-refractivity contribution in [1.29, 1.82) is 0 Å². The molecular formula is C14H19NO3. The van der Waals surface area contributed by atoms with Gasteiger partial charge in [0.25, 0.3) is 0 Å². The van der Waals surface area contributed by atoms with E-state index in [2.05, 4.69) is 6.58 Å². The molecule has 1 rings (SSSR count). The van der Waals surface area contributed by atoms with Crippen molar-refractivity contribution in [2.24, 2.45) is 0 Å². The molecule has 1 unspecified atom stereocenters. The molecule has 0 aromatic heterocycles. The quantitative estimate of drug-likeness (QED) is 0.598. The molecule has 0 aliphatic heterocycles. The Bertz CT molecular complexity index is 416. The molecule has 18 heavy (non-hydrogen) atoms. The Balaban J connectivity index is 3.11. The molecule has 2 N–H and O–H groups in total. The van der Waals surface area contributed by atoms with E-state index >= 15 is 0 Å². The molecule has 0 radical (unpaired) electrons. The summed E-state index contributed by atoms with van der Waals surface area (Å²) >= 11 is 0. The number of aliphatic hydroxyl groups excluding tert-OH is 1. The van der Waals surface area contributed by atoms with Crippen LogP contribution in [-0.4, -0.2) is 33.9 Å². The van der Waals surface area contributed by atoms with E-state index in [1.807, 2.05) is 37.3 Å². The minimum absolute atomic E-state index is 0.303. The van der Waals surface area contributed by atoms with Gasteiger partial charge in [0.05, 0.1) is 12.8 Å². The lowest BCUT2D eigenvalue weighted by Gasteiger charge is -2.33. The van der Waals surface area contributed by atoms with Gasteiger partial charge in [0.2, 0.25) is 0 Å². The molecule has 0 heterocycles. The van der Waals surface area contributed by atoms with E-state index in [9.17, 15) is 9.90 Å². The van der Waals surface area contributed by atoms with Gasteiger partial charge in [0.15, 0.2) is 0 Å². The van der Waals surface area contributed by atoms with Crippen LogP contribution < -0.4 is 0 Å². The third kappa shape index (κ3) is 3.18. The molecule has 0 spiro atoms. The van der Waals surface area contributed by atoms with Gasteiger partial charge in [0.1, 0.15) is 6.04 Å². The number of carboxylic acids is 1. The minimum atomic E-state index is -0.966. The van der Waals surface area contributed by atoms with Crippen LogP contribution in [0.1, 0.15) is 25.5 Å². The average molecular weight is 249 g/mol. The highest BCUT2D eigenvalue weighted by Gasteiger charge is 2.28. The van der Waals surface area contributed by atoms with Gasteiger partial charge in [-0.05, 0) is 19.4 Å². The molecule has 2 atom stereocenters. The fraction of sp³-hybridized carbons (Fsp3) is 0.357. The monoisotopic (exact) mass is 249 g/mol. The van der Waals surface area contributed by atoms with Crippen molar-refractivity contribution in [3.63, 3.8) is 0 Å². The average Bonchev–Trinajstić information content (AvgIpc) is 2.35. The van der Waals surface area contributed by atoms with Crippen molar-refractivity contribution in [2.45, 2.75) is 25.9 Å².